The van der Waals surface area contributed by atoms with Gasteiger partial charge in [-0.25, -0.2) is 0 Å². The van der Waals surface area contributed by atoms with E-state index >= 15 is 0 Å². The van der Waals surface area contributed by atoms with Crippen molar-refractivity contribution in [3.63, 3.8) is 0 Å². The standard InChI is InChI=1S/C23H26N4O5S/c1-4-31-22(29)13-24-21(28)15-33-23-26-25-20(14-32-19-9-5-16(2)6-10-19)27(23)17-7-11-18(30-3)12-8-17/h5-12H,4,13-15H2,1-3H3,(H,24,28). The molecule has 0 aliphatic carbocycles. The fourth-order valence-electron chi connectivity index (χ4n) is 2.82. The van der Waals surface area contributed by atoms with E-state index in [-0.39, 0.29) is 31.4 Å². The Morgan fingerprint density at radius 3 is 2.39 bits per heavy atom. The zero-order chi connectivity index (χ0) is 23.6. The lowest BCUT2D eigenvalue weighted by Gasteiger charge is -2.12. The quantitative estimate of drug-likeness (QED) is 0.337. The Bertz CT molecular complexity index is 1070. The number of thioether (sulfide) groups is 1. The molecule has 0 spiro atoms. The van der Waals surface area contributed by atoms with E-state index in [0.717, 1.165) is 22.7 Å². The van der Waals surface area contributed by atoms with Gasteiger partial charge in [0.05, 0.1) is 19.5 Å². The number of esters is 1. The summed E-state index contributed by atoms with van der Waals surface area (Å²) in [5, 5.41) is 11.6. The first-order valence-corrected chi connectivity index (χ1v) is 11.3. The van der Waals surface area contributed by atoms with E-state index in [4.69, 9.17) is 14.2 Å². The molecule has 2 aromatic carbocycles. The molecule has 0 radical (unpaired) electrons. The zero-order valence-corrected chi connectivity index (χ0v) is 19.6. The van der Waals surface area contributed by atoms with Gasteiger partial charge in [0.15, 0.2) is 11.0 Å². The van der Waals surface area contributed by atoms with Crippen LogP contribution in [0.3, 0.4) is 0 Å². The van der Waals surface area contributed by atoms with Crippen LogP contribution in [0, 0.1) is 6.92 Å². The van der Waals surface area contributed by atoms with Crippen molar-refractivity contribution >= 4 is 23.6 Å². The second-order valence-electron chi connectivity index (χ2n) is 6.90. The number of nitrogens with zero attached hydrogens (tertiary/aromatic N) is 3. The molecule has 1 aromatic heterocycles. The van der Waals surface area contributed by atoms with Gasteiger partial charge in [0, 0.05) is 5.69 Å². The maximum Gasteiger partial charge on any atom is 0.325 e. The molecular formula is C23H26N4O5S. The van der Waals surface area contributed by atoms with Gasteiger partial charge in [-0.15, -0.1) is 10.2 Å². The number of nitrogens with one attached hydrogen (secondary N) is 1. The first kappa shape index (κ1) is 24.1. The lowest BCUT2D eigenvalue weighted by atomic mass is 10.2. The highest BCUT2D eigenvalue weighted by Crippen LogP contribution is 2.24. The minimum Gasteiger partial charge on any atom is -0.497 e. The van der Waals surface area contributed by atoms with Gasteiger partial charge in [-0.3, -0.25) is 14.2 Å². The summed E-state index contributed by atoms with van der Waals surface area (Å²) in [6, 6.07) is 15.2. The fourth-order valence-corrected chi connectivity index (χ4v) is 3.62. The van der Waals surface area contributed by atoms with Crippen molar-refractivity contribution in [1.82, 2.24) is 20.1 Å². The van der Waals surface area contributed by atoms with Crippen LogP contribution < -0.4 is 14.8 Å². The maximum absolute atomic E-state index is 12.2. The number of hydrogen-bond acceptors (Lipinski definition) is 8. The van der Waals surface area contributed by atoms with Gasteiger partial charge in [-0.2, -0.15) is 0 Å². The topological polar surface area (TPSA) is 105 Å². The van der Waals surface area contributed by atoms with Crippen LogP contribution in [0.25, 0.3) is 5.69 Å². The summed E-state index contributed by atoms with van der Waals surface area (Å²) in [6.45, 7) is 4.01. The average molecular weight is 471 g/mol. The third kappa shape index (κ3) is 6.98. The molecule has 0 bridgehead atoms. The Kier molecular flexibility index (Phi) is 8.71. The molecule has 0 aliphatic rings. The van der Waals surface area contributed by atoms with Crippen molar-refractivity contribution in [2.24, 2.45) is 0 Å². The van der Waals surface area contributed by atoms with Crippen LogP contribution >= 0.6 is 11.8 Å². The summed E-state index contributed by atoms with van der Waals surface area (Å²) < 4.78 is 17.8. The van der Waals surface area contributed by atoms with Crippen LogP contribution in [0.1, 0.15) is 18.3 Å². The van der Waals surface area contributed by atoms with Crippen LogP contribution in [-0.4, -0.2) is 52.7 Å². The molecule has 1 heterocycles. The third-order valence-corrected chi connectivity index (χ3v) is 5.42. The summed E-state index contributed by atoms with van der Waals surface area (Å²) in [5.74, 6) is 1.29. The molecule has 0 unspecified atom stereocenters. The number of aryl methyl sites for hydroxylation is 1. The predicted octanol–water partition coefficient (Wildman–Crippen LogP) is 2.93. The minimum absolute atomic E-state index is 0.0620. The molecule has 0 aliphatic heterocycles. The summed E-state index contributed by atoms with van der Waals surface area (Å²) in [5.41, 5.74) is 1.95. The number of rotatable bonds is 11. The highest BCUT2D eigenvalue weighted by atomic mass is 32.2. The molecule has 3 rings (SSSR count). The van der Waals surface area contributed by atoms with E-state index in [9.17, 15) is 9.59 Å². The first-order chi connectivity index (χ1) is 16.0. The summed E-state index contributed by atoms with van der Waals surface area (Å²) >= 11 is 1.21. The van der Waals surface area contributed by atoms with Crippen molar-refractivity contribution in [2.45, 2.75) is 25.6 Å². The maximum atomic E-state index is 12.2. The second kappa shape index (κ2) is 11.9. The smallest absolute Gasteiger partial charge is 0.325 e. The van der Waals surface area contributed by atoms with Gasteiger partial charge in [0.2, 0.25) is 5.91 Å². The van der Waals surface area contributed by atoms with Crippen molar-refractivity contribution in [3.05, 3.63) is 59.9 Å². The summed E-state index contributed by atoms with van der Waals surface area (Å²) in [6.07, 6.45) is 0. The van der Waals surface area contributed by atoms with E-state index in [1.165, 1.54) is 11.8 Å². The number of ether oxygens (including phenoxy) is 3. The molecule has 33 heavy (non-hydrogen) atoms. The summed E-state index contributed by atoms with van der Waals surface area (Å²) in [7, 11) is 1.60. The molecule has 10 heteroatoms. The Balaban J connectivity index is 1.74. The lowest BCUT2D eigenvalue weighted by Crippen LogP contribution is -2.31. The minimum atomic E-state index is -0.479. The highest BCUT2D eigenvalue weighted by Gasteiger charge is 2.17. The molecule has 0 saturated carbocycles. The first-order valence-electron chi connectivity index (χ1n) is 10.3. The van der Waals surface area contributed by atoms with Gasteiger partial charge >= 0.3 is 5.97 Å². The molecular weight excluding hydrogens is 444 g/mol. The van der Waals surface area contributed by atoms with Crippen LogP contribution in [0.15, 0.2) is 53.7 Å². The van der Waals surface area contributed by atoms with Crippen LogP contribution in [0.4, 0.5) is 0 Å². The van der Waals surface area contributed by atoms with E-state index in [1.54, 1.807) is 14.0 Å². The number of methoxy groups -OCH3 is 1. The van der Waals surface area contributed by atoms with Gasteiger partial charge in [0.1, 0.15) is 24.7 Å². The van der Waals surface area contributed by atoms with Gasteiger partial charge in [0.25, 0.3) is 0 Å². The number of benzene rings is 2. The van der Waals surface area contributed by atoms with Crippen LogP contribution in [0.2, 0.25) is 0 Å². The monoisotopic (exact) mass is 470 g/mol. The Labute approximate surface area is 196 Å². The zero-order valence-electron chi connectivity index (χ0n) is 18.7. The summed E-state index contributed by atoms with van der Waals surface area (Å²) in [4.78, 5) is 23.6. The largest absolute Gasteiger partial charge is 0.497 e. The van der Waals surface area contributed by atoms with Crippen molar-refractivity contribution in [2.75, 3.05) is 26.0 Å². The van der Waals surface area contributed by atoms with E-state index in [1.807, 2.05) is 60.0 Å². The molecule has 174 valence electrons. The molecule has 0 saturated heterocycles. The van der Waals surface area contributed by atoms with Gasteiger partial charge in [-0.1, -0.05) is 29.5 Å². The fraction of sp³-hybridized carbons (Fsp3) is 0.304. The Hall–Kier alpha value is -3.53. The molecule has 1 N–H and O–H groups in total. The van der Waals surface area contributed by atoms with E-state index in [2.05, 4.69) is 15.5 Å². The highest BCUT2D eigenvalue weighted by molar-refractivity contribution is 7.99. The van der Waals surface area contributed by atoms with E-state index < -0.39 is 5.97 Å². The average Bonchev–Trinajstić information content (AvgIpc) is 3.24. The Morgan fingerprint density at radius 2 is 1.73 bits per heavy atom. The van der Waals surface area contributed by atoms with Gasteiger partial charge in [-0.05, 0) is 50.2 Å². The van der Waals surface area contributed by atoms with Crippen molar-refractivity contribution < 1.29 is 23.8 Å². The van der Waals surface area contributed by atoms with Crippen LogP contribution in [-0.2, 0) is 20.9 Å². The number of aromatic nitrogens is 3. The second-order valence-corrected chi connectivity index (χ2v) is 7.85. The molecule has 1 amide bonds. The Morgan fingerprint density at radius 1 is 1.03 bits per heavy atom. The van der Waals surface area contributed by atoms with Crippen molar-refractivity contribution in [3.8, 4) is 17.2 Å². The number of amides is 1. The molecule has 0 fully saturated rings. The number of hydrogen-bond donors (Lipinski definition) is 1. The normalized spacial score (nSPS) is 10.5. The van der Waals surface area contributed by atoms with E-state index in [0.29, 0.717) is 11.0 Å². The SMILES string of the molecule is CCOC(=O)CNC(=O)CSc1nnc(COc2ccc(C)cc2)n1-c1ccc(OC)cc1. The van der Waals surface area contributed by atoms with Crippen molar-refractivity contribution in [1.29, 1.82) is 0 Å². The number of carbonyl (C=O) groups is 2. The van der Waals surface area contributed by atoms with Crippen LogP contribution in [0.5, 0.6) is 11.5 Å². The lowest BCUT2D eigenvalue weighted by molar-refractivity contribution is -0.143. The number of carbonyl (C=O) groups excluding carboxylic acids is 2. The molecule has 9 nitrogen and oxygen atoms in total. The van der Waals surface area contributed by atoms with Gasteiger partial charge < -0.3 is 19.5 Å². The molecule has 3 aromatic rings. The predicted molar refractivity (Wildman–Crippen MR) is 124 cm³/mol. The molecule has 0 atom stereocenters. The third-order valence-electron chi connectivity index (χ3n) is 4.49.